The zero-order valence-electron chi connectivity index (χ0n) is 16.5. The van der Waals surface area contributed by atoms with Crippen molar-refractivity contribution in [3.63, 3.8) is 0 Å². The van der Waals surface area contributed by atoms with Gasteiger partial charge in [0.25, 0.3) is 0 Å². The molecule has 0 atom stereocenters. The third-order valence-corrected chi connectivity index (χ3v) is 5.34. The molecular weight excluding hydrogens is 428 g/mol. The highest BCUT2D eigenvalue weighted by molar-refractivity contribution is 9.10. The summed E-state index contributed by atoms with van der Waals surface area (Å²) in [6, 6.07) is 19.7. The maximum absolute atomic E-state index is 12.3. The fraction of sp³-hybridized carbons (Fsp3) is 0.160. The minimum absolute atomic E-state index is 0.0795. The quantitative estimate of drug-likeness (QED) is 0.320. The zero-order valence-corrected chi connectivity index (χ0v) is 18.1. The number of hydrogen-bond acceptors (Lipinski definition) is 3. The van der Waals surface area contributed by atoms with E-state index in [1.807, 2.05) is 48.5 Å². The number of rotatable bonds is 3. The van der Waals surface area contributed by atoms with Crippen molar-refractivity contribution in [2.75, 3.05) is 0 Å². The van der Waals surface area contributed by atoms with Gasteiger partial charge in [0, 0.05) is 15.6 Å². The first-order valence-corrected chi connectivity index (χ1v) is 10.2. The van der Waals surface area contributed by atoms with Gasteiger partial charge in [0.05, 0.1) is 5.57 Å². The van der Waals surface area contributed by atoms with E-state index in [1.54, 1.807) is 12.2 Å². The minimum atomic E-state index is -0.374. The Kier molecular flexibility index (Phi) is 5.05. The van der Waals surface area contributed by atoms with Crippen LogP contribution in [0.1, 0.15) is 37.7 Å². The van der Waals surface area contributed by atoms with Gasteiger partial charge < -0.3 is 9.15 Å². The van der Waals surface area contributed by atoms with Crippen LogP contribution in [0, 0.1) is 0 Å². The van der Waals surface area contributed by atoms with Crippen molar-refractivity contribution >= 4 is 33.7 Å². The van der Waals surface area contributed by atoms with Crippen LogP contribution in [-0.2, 0) is 14.9 Å². The summed E-state index contributed by atoms with van der Waals surface area (Å²) in [6.07, 6.45) is 3.47. The van der Waals surface area contributed by atoms with E-state index in [9.17, 15) is 4.79 Å². The Labute approximate surface area is 178 Å². The number of benzene rings is 2. The Hall–Kier alpha value is -2.85. The van der Waals surface area contributed by atoms with Crippen molar-refractivity contribution in [3.05, 3.63) is 93.7 Å². The molecule has 0 N–H and O–H groups in total. The summed E-state index contributed by atoms with van der Waals surface area (Å²) >= 11 is 3.43. The first-order chi connectivity index (χ1) is 13.8. The van der Waals surface area contributed by atoms with Crippen LogP contribution < -0.4 is 0 Å². The van der Waals surface area contributed by atoms with Gasteiger partial charge in [-0.2, -0.15) is 0 Å². The van der Waals surface area contributed by atoms with E-state index in [-0.39, 0.29) is 11.4 Å². The molecular formula is C25H21BrO3. The van der Waals surface area contributed by atoms with Gasteiger partial charge in [-0.15, -0.1) is 0 Å². The third kappa shape index (κ3) is 4.28. The molecule has 0 spiro atoms. The maximum atomic E-state index is 12.3. The van der Waals surface area contributed by atoms with Gasteiger partial charge in [-0.1, -0.05) is 73.1 Å². The van der Waals surface area contributed by atoms with E-state index in [1.165, 1.54) is 5.56 Å². The van der Waals surface area contributed by atoms with Gasteiger partial charge >= 0.3 is 5.97 Å². The highest BCUT2D eigenvalue weighted by atomic mass is 79.9. The molecule has 4 heteroatoms. The van der Waals surface area contributed by atoms with Gasteiger partial charge in [0.2, 0.25) is 0 Å². The zero-order chi connectivity index (χ0) is 20.6. The van der Waals surface area contributed by atoms with Gasteiger partial charge in [-0.25, -0.2) is 4.79 Å². The van der Waals surface area contributed by atoms with E-state index in [4.69, 9.17) is 9.15 Å². The number of cyclic esters (lactones) is 1. The van der Waals surface area contributed by atoms with Crippen LogP contribution in [0.2, 0.25) is 0 Å². The molecule has 3 aromatic rings. The Balaban J connectivity index is 1.57. The molecule has 0 radical (unpaired) electrons. The Morgan fingerprint density at radius 2 is 1.52 bits per heavy atom. The molecule has 146 valence electrons. The van der Waals surface area contributed by atoms with E-state index < -0.39 is 0 Å². The average Bonchev–Trinajstić information content (AvgIpc) is 3.29. The first kappa shape index (κ1) is 19.5. The maximum Gasteiger partial charge on any atom is 0.343 e. The molecule has 2 heterocycles. The smallest absolute Gasteiger partial charge is 0.343 e. The number of halogens is 1. The van der Waals surface area contributed by atoms with Crippen molar-refractivity contribution < 1.29 is 13.9 Å². The lowest BCUT2D eigenvalue weighted by Crippen LogP contribution is -2.10. The Morgan fingerprint density at radius 3 is 2.17 bits per heavy atom. The second-order valence-electron chi connectivity index (χ2n) is 8.03. The molecule has 0 fully saturated rings. The van der Waals surface area contributed by atoms with Gasteiger partial charge in [-0.05, 0) is 47.4 Å². The molecule has 0 aliphatic carbocycles. The lowest BCUT2D eigenvalue weighted by Gasteiger charge is -2.19. The fourth-order valence-electron chi connectivity index (χ4n) is 3.12. The van der Waals surface area contributed by atoms with Crippen LogP contribution in [0.4, 0.5) is 0 Å². The number of carbonyl (C=O) groups is 1. The van der Waals surface area contributed by atoms with Crippen LogP contribution in [0.3, 0.4) is 0 Å². The van der Waals surface area contributed by atoms with E-state index in [0.29, 0.717) is 17.1 Å². The van der Waals surface area contributed by atoms with Gasteiger partial charge in [-0.3, -0.25) is 0 Å². The second kappa shape index (κ2) is 7.53. The molecule has 3 nitrogen and oxygen atoms in total. The molecule has 2 aromatic carbocycles. The largest absolute Gasteiger partial charge is 0.457 e. The second-order valence-corrected chi connectivity index (χ2v) is 8.95. The molecule has 29 heavy (non-hydrogen) atoms. The molecule has 0 unspecified atom stereocenters. The van der Waals surface area contributed by atoms with Crippen LogP contribution in [0.25, 0.3) is 23.2 Å². The molecule has 0 bridgehead atoms. The summed E-state index contributed by atoms with van der Waals surface area (Å²) in [6.45, 7) is 6.51. The van der Waals surface area contributed by atoms with Crippen LogP contribution in [0.5, 0.6) is 0 Å². The Morgan fingerprint density at radius 1 is 0.862 bits per heavy atom. The van der Waals surface area contributed by atoms with E-state index >= 15 is 0 Å². The van der Waals surface area contributed by atoms with Crippen molar-refractivity contribution in [3.8, 4) is 11.3 Å². The van der Waals surface area contributed by atoms with Crippen LogP contribution in [-0.4, -0.2) is 5.97 Å². The van der Waals surface area contributed by atoms with Crippen molar-refractivity contribution in [2.24, 2.45) is 0 Å². The monoisotopic (exact) mass is 448 g/mol. The summed E-state index contributed by atoms with van der Waals surface area (Å²) < 4.78 is 12.4. The van der Waals surface area contributed by atoms with Crippen molar-refractivity contribution in [2.45, 2.75) is 26.2 Å². The number of hydrogen-bond donors (Lipinski definition) is 0. The summed E-state index contributed by atoms with van der Waals surface area (Å²) in [4.78, 5) is 12.3. The molecule has 4 rings (SSSR count). The Bertz CT molecular complexity index is 1110. The minimum Gasteiger partial charge on any atom is -0.457 e. The van der Waals surface area contributed by atoms with Crippen LogP contribution >= 0.6 is 15.9 Å². The molecule has 0 saturated carbocycles. The molecule has 1 aliphatic heterocycles. The third-order valence-electron chi connectivity index (χ3n) is 4.81. The normalized spacial score (nSPS) is 15.5. The standard InChI is InChI=1S/C25H21BrO3/c1-25(2,3)19-8-4-17(5-9-19)23-15-18(24(27)29-23)14-21-12-13-22(28-21)16-6-10-20(26)11-7-16/h4-15H,1-3H3/b18-14+. The van der Waals surface area contributed by atoms with Crippen LogP contribution in [0.15, 0.2) is 81.2 Å². The van der Waals surface area contributed by atoms with E-state index in [0.717, 1.165) is 21.4 Å². The predicted molar refractivity (Wildman–Crippen MR) is 119 cm³/mol. The SMILES string of the molecule is CC(C)(C)c1ccc(C2=C/C(=C\c3ccc(-c4ccc(Br)cc4)o3)C(=O)O2)cc1. The number of carbonyl (C=O) groups excluding carboxylic acids is 1. The summed E-state index contributed by atoms with van der Waals surface area (Å²) in [5.41, 5.74) is 3.64. The molecule has 1 aliphatic rings. The highest BCUT2D eigenvalue weighted by Crippen LogP contribution is 2.31. The predicted octanol–water partition coefficient (Wildman–Crippen LogP) is 6.99. The average molecular weight is 449 g/mol. The first-order valence-electron chi connectivity index (χ1n) is 9.42. The van der Waals surface area contributed by atoms with Gasteiger partial charge in [0.15, 0.2) is 0 Å². The van der Waals surface area contributed by atoms with Crippen molar-refractivity contribution in [1.82, 2.24) is 0 Å². The summed E-state index contributed by atoms with van der Waals surface area (Å²) in [5, 5.41) is 0. The lowest BCUT2D eigenvalue weighted by atomic mass is 9.86. The number of esters is 1. The van der Waals surface area contributed by atoms with E-state index in [2.05, 4.69) is 48.8 Å². The molecule has 1 aromatic heterocycles. The van der Waals surface area contributed by atoms with Crippen molar-refractivity contribution in [1.29, 1.82) is 0 Å². The summed E-state index contributed by atoms with van der Waals surface area (Å²) in [5.74, 6) is 1.54. The number of furan rings is 1. The molecule has 0 saturated heterocycles. The van der Waals surface area contributed by atoms with Gasteiger partial charge in [0.1, 0.15) is 17.3 Å². The topological polar surface area (TPSA) is 39.4 Å². The lowest BCUT2D eigenvalue weighted by molar-refractivity contribution is -0.130. The number of ether oxygens (including phenoxy) is 1. The molecule has 0 amide bonds. The highest BCUT2D eigenvalue weighted by Gasteiger charge is 2.23. The summed E-state index contributed by atoms with van der Waals surface area (Å²) in [7, 11) is 0. The fourth-order valence-corrected chi connectivity index (χ4v) is 3.38.